The maximum absolute atomic E-state index is 13.8. The van der Waals surface area contributed by atoms with Crippen molar-refractivity contribution >= 4 is 0 Å². The topological polar surface area (TPSA) is 29.5 Å². The van der Waals surface area contributed by atoms with Gasteiger partial charge in [-0.1, -0.05) is 35.9 Å². The van der Waals surface area contributed by atoms with Crippen LogP contribution in [0.25, 0.3) is 0 Å². The van der Waals surface area contributed by atoms with Crippen molar-refractivity contribution in [1.29, 1.82) is 0 Å². The van der Waals surface area contributed by atoms with Crippen LogP contribution in [0.3, 0.4) is 0 Å². The predicted molar refractivity (Wildman–Crippen MR) is 72.5 cm³/mol. The van der Waals surface area contributed by atoms with Crippen LogP contribution >= 0.6 is 0 Å². The minimum atomic E-state index is -0.680. The number of hydrogen-bond acceptors (Lipinski definition) is 2. The van der Waals surface area contributed by atoms with E-state index in [2.05, 4.69) is 0 Å². The summed E-state index contributed by atoms with van der Waals surface area (Å²) in [6.45, 7) is 3.93. The average molecular weight is 260 g/mol. The zero-order chi connectivity index (χ0) is 13.8. The number of aryl methyl sites for hydroxylation is 1. The third-order valence-corrected chi connectivity index (χ3v) is 2.92. The third kappa shape index (κ3) is 3.55. The van der Waals surface area contributed by atoms with Gasteiger partial charge < -0.3 is 9.84 Å². The van der Waals surface area contributed by atoms with E-state index >= 15 is 0 Å². The van der Waals surface area contributed by atoms with E-state index in [1.807, 2.05) is 31.2 Å². The summed E-state index contributed by atoms with van der Waals surface area (Å²) >= 11 is 0. The Morgan fingerprint density at radius 2 is 2.00 bits per heavy atom. The van der Waals surface area contributed by atoms with E-state index in [-0.39, 0.29) is 5.75 Å². The molecule has 2 aromatic rings. The van der Waals surface area contributed by atoms with Gasteiger partial charge in [0.25, 0.3) is 0 Å². The minimum Gasteiger partial charge on any atom is -0.486 e. The van der Waals surface area contributed by atoms with Gasteiger partial charge >= 0.3 is 0 Å². The summed E-state index contributed by atoms with van der Waals surface area (Å²) in [4.78, 5) is 0. The van der Waals surface area contributed by atoms with Crippen molar-refractivity contribution in [2.45, 2.75) is 26.6 Å². The van der Waals surface area contributed by atoms with Crippen molar-refractivity contribution in [3.8, 4) is 5.75 Å². The van der Waals surface area contributed by atoms with Gasteiger partial charge in [-0.05, 0) is 37.1 Å². The summed E-state index contributed by atoms with van der Waals surface area (Å²) < 4.78 is 19.2. The molecule has 0 saturated carbocycles. The number of benzene rings is 2. The molecule has 1 N–H and O–H groups in total. The highest BCUT2D eigenvalue weighted by Crippen LogP contribution is 2.22. The summed E-state index contributed by atoms with van der Waals surface area (Å²) in [6.07, 6.45) is -0.680. The lowest BCUT2D eigenvalue weighted by Gasteiger charge is -2.10. The molecule has 0 unspecified atom stereocenters. The largest absolute Gasteiger partial charge is 0.486 e. The van der Waals surface area contributed by atoms with Crippen molar-refractivity contribution < 1.29 is 14.2 Å². The first-order valence-electron chi connectivity index (χ1n) is 6.22. The molecule has 0 amide bonds. The van der Waals surface area contributed by atoms with Crippen molar-refractivity contribution in [2.75, 3.05) is 0 Å². The Bertz CT molecular complexity index is 564. The molecule has 0 bridgehead atoms. The van der Waals surface area contributed by atoms with Crippen LogP contribution in [0, 0.1) is 12.7 Å². The summed E-state index contributed by atoms with van der Waals surface area (Å²) in [6, 6.07) is 12.4. The zero-order valence-electron chi connectivity index (χ0n) is 11.1. The van der Waals surface area contributed by atoms with Crippen LogP contribution in [0.1, 0.15) is 29.7 Å². The van der Waals surface area contributed by atoms with Gasteiger partial charge in [0.15, 0.2) is 11.6 Å². The van der Waals surface area contributed by atoms with Gasteiger partial charge in [0.1, 0.15) is 6.61 Å². The smallest absolute Gasteiger partial charge is 0.165 e. The van der Waals surface area contributed by atoms with E-state index in [1.54, 1.807) is 19.1 Å². The van der Waals surface area contributed by atoms with Crippen LogP contribution in [0.2, 0.25) is 0 Å². The fourth-order valence-corrected chi connectivity index (χ4v) is 1.86. The molecule has 3 heteroatoms. The highest BCUT2D eigenvalue weighted by atomic mass is 19.1. The first-order chi connectivity index (χ1) is 9.06. The summed E-state index contributed by atoms with van der Waals surface area (Å²) in [5.41, 5.74) is 2.69. The van der Waals surface area contributed by atoms with Crippen LogP contribution in [0.5, 0.6) is 5.75 Å². The highest BCUT2D eigenvalue weighted by molar-refractivity contribution is 5.31. The Hall–Kier alpha value is -1.87. The van der Waals surface area contributed by atoms with E-state index in [4.69, 9.17) is 4.74 Å². The molecule has 2 aromatic carbocycles. The molecule has 2 rings (SSSR count). The van der Waals surface area contributed by atoms with E-state index in [0.717, 1.165) is 11.1 Å². The molecule has 1 atom stereocenters. The summed E-state index contributed by atoms with van der Waals surface area (Å²) in [5.74, 6) is -0.253. The van der Waals surface area contributed by atoms with E-state index < -0.39 is 11.9 Å². The first kappa shape index (κ1) is 13.6. The number of rotatable bonds is 4. The molecule has 0 aliphatic carbocycles. The second-order valence-corrected chi connectivity index (χ2v) is 4.64. The summed E-state index contributed by atoms with van der Waals surface area (Å²) in [5, 5.41) is 9.37. The normalized spacial score (nSPS) is 12.2. The molecular weight excluding hydrogens is 243 g/mol. The number of ether oxygens (including phenoxy) is 1. The molecule has 0 aliphatic rings. The number of aliphatic hydroxyl groups excluding tert-OH is 1. The van der Waals surface area contributed by atoms with Crippen LogP contribution in [0.15, 0.2) is 42.5 Å². The van der Waals surface area contributed by atoms with Gasteiger partial charge in [-0.2, -0.15) is 0 Å². The Morgan fingerprint density at radius 1 is 1.21 bits per heavy atom. The van der Waals surface area contributed by atoms with Gasteiger partial charge in [0, 0.05) is 0 Å². The highest BCUT2D eigenvalue weighted by Gasteiger charge is 2.08. The van der Waals surface area contributed by atoms with Crippen LogP contribution in [-0.4, -0.2) is 5.11 Å². The average Bonchev–Trinajstić information content (AvgIpc) is 2.37. The monoisotopic (exact) mass is 260 g/mol. The zero-order valence-corrected chi connectivity index (χ0v) is 11.1. The van der Waals surface area contributed by atoms with E-state index in [1.165, 1.54) is 6.07 Å². The second-order valence-electron chi connectivity index (χ2n) is 4.64. The fraction of sp³-hybridized carbons (Fsp3) is 0.250. The quantitative estimate of drug-likeness (QED) is 0.906. The fourth-order valence-electron chi connectivity index (χ4n) is 1.86. The molecule has 19 heavy (non-hydrogen) atoms. The lowest BCUT2D eigenvalue weighted by molar-refractivity contribution is 0.198. The molecule has 100 valence electrons. The molecule has 0 heterocycles. The van der Waals surface area contributed by atoms with Crippen molar-refractivity contribution in [1.82, 2.24) is 0 Å². The molecule has 0 saturated heterocycles. The molecule has 0 radical (unpaired) electrons. The Morgan fingerprint density at radius 3 is 2.63 bits per heavy atom. The first-order valence-corrected chi connectivity index (χ1v) is 6.22. The van der Waals surface area contributed by atoms with Crippen LogP contribution < -0.4 is 4.74 Å². The van der Waals surface area contributed by atoms with Gasteiger partial charge in [0.05, 0.1) is 6.10 Å². The van der Waals surface area contributed by atoms with Crippen molar-refractivity contribution in [3.63, 3.8) is 0 Å². The lowest BCUT2D eigenvalue weighted by atomic mass is 10.1. The van der Waals surface area contributed by atoms with Gasteiger partial charge in [-0.25, -0.2) is 4.39 Å². The molecule has 0 spiro atoms. The molecular formula is C16H17FO2. The minimum absolute atomic E-state index is 0.200. The number of hydrogen-bond donors (Lipinski definition) is 1. The van der Waals surface area contributed by atoms with Crippen molar-refractivity contribution in [3.05, 3.63) is 65.0 Å². The van der Waals surface area contributed by atoms with Crippen LogP contribution in [-0.2, 0) is 6.61 Å². The molecule has 2 nitrogen and oxygen atoms in total. The maximum Gasteiger partial charge on any atom is 0.165 e. The molecule has 0 aromatic heterocycles. The number of aliphatic hydroxyl groups is 1. The van der Waals surface area contributed by atoms with Gasteiger partial charge in [0.2, 0.25) is 0 Å². The summed E-state index contributed by atoms with van der Waals surface area (Å²) in [7, 11) is 0. The Labute approximate surface area is 112 Å². The lowest BCUT2D eigenvalue weighted by Crippen LogP contribution is -1.99. The maximum atomic E-state index is 13.8. The van der Waals surface area contributed by atoms with E-state index in [9.17, 15) is 9.50 Å². The predicted octanol–water partition coefficient (Wildman–Crippen LogP) is 3.77. The van der Waals surface area contributed by atoms with Crippen molar-refractivity contribution in [2.24, 2.45) is 0 Å². The SMILES string of the molecule is Cc1cccc(COc2ccc([C@@H](C)O)cc2F)c1. The van der Waals surface area contributed by atoms with E-state index in [0.29, 0.717) is 12.2 Å². The molecule has 0 aliphatic heterocycles. The third-order valence-electron chi connectivity index (χ3n) is 2.92. The van der Waals surface area contributed by atoms with Gasteiger partial charge in [-0.3, -0.25) is 0 Å². The molecule has 0 fully saturated rings. The Kier molecular flexibility index (Phi) is 4.17. The second kappa shape index (κ2) is 5.85. The standard InChI is InChI=1S/C16H17FO2/c1-11-4-3-5-13(8-11)10-19-16-7-6-14(12(2)18)9-15(16)17/h3-9,12,18H,10H2,1-2H3/t12-/m1/s1. The Balaban J connectivity index is 2.07. The van der Waals surface area contributed by atoms with Crippen LogP contribution in [0.4, 0.5) is 4.39 Å². The number of halogens is 1. The van der Waals surface area contributed by atoms with Gasteiger partial charge in [-0.15, -0.1) is 0 Å².